The van der Waals surface area contributed by atoms with E-state index in [4.69, 9.17) is 0 Å². The highest BCUT2D eigenvalue weighted by Gasteiger charge is 2.75. The van der Waals surface area contributed by atoms with Gasteiger partial charge in [0.1, 0.15) is 12.2 Å². The van der Waals surface area contributed by atoms with Gasteiger partial charge in [-0.05, 0) is 56.6 Å². The summed E-state index contributed by atoms with van der Waals surface area (Å²) in [5.41, 5.74) is -5.17. The third-order valence-corrected chi connectivity index (χ3v) is 8.79. The molecular formula is C22H29FO5. The fourth-order valence-electron chi connectivity index (χ4n) is 7.26. The standard InChI is InChI=1S/C22H29FO5/c1-12-8-16-15-5-4-13-9-14(25)6-7-19(13,2)21(15,23)17(26)10-20(16,3)22(12,28)18(27)11-24/h6-7,9,12,15-17,24,26,28H,4-5,8,10-11H2,1-3H3/t12-,15-,16+,17+,19?,20+,21+,22+/m1/s1. The van der Waals surface area contributed by atoms with E-state index in [2.05, 4.69) is 0 Å². The van der Waals surface area contributed by atoms with Crippen molar-refractivity contribution in [2.45, 2.75) is 63.8 Å². The predicted octanol–water partition coefficient (Wildman–Crippen LogP) is 1.90. The van der Waals surface area contributed by atoms with E-state index in [9.17, 15) is 24.9 Å². The van der Waals surface area contributed by atoms with Crippen LogP contribution in [0.15, 0.2) is 23.8 Å². The van der Waals surface area contributed by atoms with Gasteiger partial charge in [0.25, 0.3) is 0 Å². The number of halogens is 1. The lowest BCUT2D eigenvalue weighted by molar-refractivity contribution is -0.219. The lowest BCUT2D eigenvalue weighted by Crippen LogP contribution is -2.69. The normalized spacial score (nSPS) is 52.5. The van der Waals surface area contributed by atoms with Gasteiger partial charge in [-0.2, -0.15) is 0 Å². The predicted molar refractivity (Wildman–Crippen MR) is 99.9 cm³/mol. The van der Waals surface area contributed by atoms with Gasteiger partial charge in [0.05, 0.1) is 6.10 Å². The fourth-order valence-corrected chi connectivity index (χ4v) is 7.26. The second-order valence-electron chi connectivity index (χ2n) is 9.75. The molecule has 0 bridgehead atoms. The van der Waals surface area contributed by atoms with Crippen molar-refractivity contribution < 1.29 is 29.3 Å². The van der Waals surface area contributed by atoms with Crippen LogP contribution in [0.5, 0.6) is 0 Å². The molecule has 1 unspecified atom stereocenters. The van der Waals surface area contributed by atoms with Crippen molar-refractivity contribution in [3.63, 3.8) is 0 Å². The summed E-state index contributed by atoms with van der Waals surface area (Å²) in [7, 11) is 0. The Morgan fingerprint density at radius 2 is 2.00 bits per heavy atom. The maximum atomic E-state index is 16.9. The van der Waals surface area contributed by atoms with Crippen LogP contribution in [0.2, 0.25) is 0 Å². The Labute approximate surface area is 164 Å². The monoisotopic (exact) mass is 392 g/mol. The molecule has 3 fully saturated rings. The lowest BCUT2D eigenvalue weighted by Gasteiger charge is -2.62. The summed E-state index contributed by atoms with van der Waals surface area (Å²) < 4.78 is 16.9. The van der Waals surface area contributed by atoms with E-state index in [1.165, 1.54) is 12.2 Å². The molecule has 154 valence electrons. The number of hydrogen-bond acceptors (Lipinski definition) is 5. The van der Waals surface area contributed by atoms with Crippen LogP contribution in [-0.2, 0) is 9.59 Å². The third-order valence-electron chi connectivity index (χ3n) is 8.79. The first-order valence-corrected chi connectivity index (χ1v) is 10.1. The molecule has 0 aliphatic heterocycles. The van der Waals surface area contributed by atoms with Crippen molar-refractivity contribution in [2.75, 3.05) is 6.61 Å². The molecule has 0 spiro atoms. The number of alkyl halides is 1. The summed E-state index contributed by atoms with van der Waals surface area (Å²) in [6.07, 6.45) is 4.44. The highest BCUT2D eigenvalue weighted by molar-refractivity contribution is 6.01. The summed E-state index contributed by atoms with van der Waals surface area (Å²) in [6.45, 7) is 4.48. The number of carbonyl (C=O) groups is 2. The quantitative estimate of drug-likeness (QED) is 0.667. The molecule has 0 radical (unpaired) electrons. The van der Waals surface area contributed by atoms with Crippen LogP contribution in [0.25, 0.3) is 0 Å². The van der Waals surface area contributed by atoms with Gasteiger partial charge in [0, 0.05) is 16.7 Å². The zero-order chi connectivity index (χ0) is 20.7. The topological polar surface area (TPSA) is 94.8 Å². The molecule has 0 aromatic rings. The van der Waals surface area contributed by atoms with Gasteiger partial charge in [0.2, 0.25) is 0 Å². The van der Waals surface area contributed by atoms with Crippen molar-refractivity contribution >= 4 is 11.6 Å². The van der Waals surface area contributed by atoms with Gasteiger partial charge >= 0.3 is 0 Å². The Morgan fingerprint density at radius 3 is 2.64 bits per heavy atom. The third kappa shape index (κ3) is 2.01. The van der Waals surface area contributed by atoms with Crippen LogP contribution in [0.1, 0.15) is 46.5 Å². The molecule has 28 heavy (non-hydrogen) atoms. The molecular weight excluding hydrogens is 363 g/mol. The summed E-state index contributed by atoms with van der Waals surface area (Å²) >= 11 is 0. The Bertz CT molecular complexity index is 805. The molecule has 3 saturated carbocycles. The van der Waals surface area contributed by atoms with E-state index < -0.39 is 52.4 Å². The number of fused-ring (bicyclic) bond motifs is 5. The molecule has 0 saturated heterocycles. The van der Waals surface area contributed by atoms with E-state index in [1.54, 1.807) is 26.8 Å². The highest BCUT2D eigenvalue weighted by atomic mass is 19.1. The zero-order valence-electron chi connectivity index (χ0n) is 16.6. The number of aliphatic hydroxyl groups excluding tert-OH is 2. The number of rotatable bonds is 2. The minimum atomic E-state index is -1.98. The van der Waals surface area contributed by atoms with Crippen molar-refractivity contribution in [3.8, 4) is 0 Å². The Hall–Kier alpha value is -1.37. The highest BCUT2D eigenvalue weighted by Crippen LogP contribution is 2.70. The maximum Gasteiger partial charge on any atom is 0.190 e. The number of Topliss-reactive ketones (excluding diaryl/α,β-unsaturated/α-hetero) is 1. The molecule has 8 atom stereocenters. The number of hydrogen-bond donors (Lipinski definition) is 3. The Balaban J connectivity index is 1.84. The van der Waals surface area contributed by atoms with Crippen LogP contribution in [0, 0.1) is 28.6 Å². The first kappa shape index (κ1) is 19.9. The van der Waals surface area contributed by atoms with Gasteiger partial charge in [-0.25, -0.2) is 4.39 Å². The summed E-state index contributed by atoms with van der Waals surface area (Å²) in [4.78, 5) is 24.4. The zero-order valence-corrected chi connectivity index (χ0v) is 16.6. The van der Waals surface area contributed by atoms with Gasteiger partial charge < -0.3 is 15.3 Å². The molecule has 4 aliphatic carbocycles. The van der Waals surface area contributed by atoms with Gasteiger partial charge in [-0.1, -0.05) is 25.5 Å². The van der Waals surface area contributed by atoms with Crippen molar-refractivity contribution in [2.24, 2.45) is 28.6 Å². The van der Waals surface area contributed by atoms with Crippen LogP contribution < -0.4 is 0 Å². The molecule has 0 aromatic heterocycles. The Morgan fingerprint density at radius 1 is 1.32 bits per heavy atom. The number of allylic oxidation sites excluding steroid dienone is 4. The molecule has 6 heteroatoms. The molecule has 4 rings (SSSR count). The second kappa shape index (κ2) is 5.83. The Kier molecular flexibility index (Phi) is 4.15. The van der Waals surface area contributed by atoms with Crippen molar-refractivity contribution in [3.05, 3.63) is 23.8 Å². The number of ketones is 2. The summed E-state index contributed by atoms with van der Waals surface area (Å²) in [6, 6.07) is 0. The molecule has 0 amide bonds. The molecule has 3 N–H and O–H groups in total. The first-order valence-electron chi connectivity index (χ1n) is 10.1. The largest absolute Gasteiger partial charge is 0.390 e. The van der Waals surface area contributed by atoms with Crippen LogP contribution in [-0.4, -0.2) is 50.9 Å². The molecule has 4 aliphatic rings. The minimum absolute atomic E-state index is 0.0676. The first-order chi connectivity index (χ1) is 13.0. The fraction of sp³-hybridized carbons (Fsp3) is 0.727. The number of carbonyl (C=O) groups excluding carboxylic acids is 2. The minimum Gasteiger partial charge on any atom is -0.390 e. The van der Waals surface area contributed by atoms with Gasteiger partial charge in [0.15, 0.2) is 17.2 Å². The van der Waals surface area contributed by atoms with Gasteiger partial charge in [-0.15, -0.1) is 0 Å². The molecule has 0 heterocycles. The molecule has 0 aromatic carbocycles. The summed E-state index contributed by atoms with van der Waals surface area (Å²) in [5, 5.41) is 32.0. The van der Waals surface area contributed by atoms with Crippen LogP contribution in [0.4, 0.5) is 4.39 Å². The van der Waals surface area contributed by atoms with E-state index >= 15 is 4.39 Å². The maximum absolute atomic E-state index is 16.9. The smallest absolute Gasteiger partial charge is 0.190 e. The van der Waals surface area contributed by atoms with E-state index in [1.807, 2.05) is 0 Å². The summed E-state index contributed by atoms with van der Waals surface area (Å²) in [5.74, 6) is -2.12. The van der Waals surface area contributed by atoms with E-state index in [0.717, 1.165) is 0 Å². The van der Waals surface area contributed by atoms with Crippen LogP contribution >= 0.6 is 0 Å². The number of aliphatic hydroxyl groups is 3. The van der Waals surface area contributed by atoms with E-state index in [-0.39, 0.29) is 18.1 Å². The SMILES string of the molecule is C[C@@H]1C[C@H]2[C@H]3CCC4=CC(=O)C=CC4(C)[C@@]3(F)[C@@H](O)C[C@]2(C)[C@@]1(O)C(=O)CO. The van der Waals surface area contributed by atoms with Crippen molar-refractivity contribution in [1.82, 2.24) is 0 Å². The average Bonchev–Trinajstić information content (AvgIpc) is 2.84. The lowest BCUT2D eigenvalue weighted by atomic mass is 9.44. The second-order valence-corrected chi connectivity index (χ2v) is 9.75. The van der Waals surface area contributed by atoms with E-state index in [0.29, 0.717) is 24.8 Å². The molecule has 5 nitrogen and oxygen atoms in total. The van der Waals surface area contributed by atoms with Crippen molar-refractivity contribution in [1.29, 1.82) is 0 Å². The average molecular weight is 392 g/mol. The van der Waals surface area contributed by atoms with Crippen LogP contribution in [0.3, 0.4) is 0 Å². The van der Waals surface area contributed by atoms with Gasteiger partial charge in [-0.3, -0.25) is 9.59 Å².